The van der Waals surface area contributed by atoms with Crippen LogP contribution in [0.3, 0.4) is 0 Å². The van der Waals surface area contributed by atoms with Crippen LogP contribution in [-0.2, 0) is 0 Å². The third-order valence-corrected chi connectivity index (χ3v) is 9.39. The molecule has 1 aliphatic rings. The number of rotatable bonds is 8. The topological polar surface area (TPSA) is 26.1 Å². The van der Waals surface area contributed by atoms with Gasteiger partial charge in [0.25, 0.3) is 0 Å². The van der Waals surface area contributed by atoms with Crippen molar-refractivity contribution in [1.82, 2.24) is 5.32 Å². The summed E-state index contributed by atoms with van der Waals surface area (Å²) in [5, 5.41) is 12.7. The summed E-state index contributed by atoms with van der Waals surface area (Å²) in [5.74, 6) is 0. The van der Waals surface area contributed by atoms with Gasteiger partial charge in [-0.15, -0.1) is 0 Å². The van der Waals surface area contributed by atoms with Crippen LogP contribution in [0.15, 0.2) is 84.9 Å². The molecule has 1 atom stereocenters. The standard InChI is InChI=1S/C27H30N2PSi/c1-31(2,3)21-26(24-18-12-20-28-24)29-25-17-10-11-19-27(25)30(22-13-6-4-7-14-22)23-15-8-5-9-16-23/h4-20,26,29H,21H2,1-3H3. The Morgan fingerprint density at radius 1 is 0.806 bits per heavy atom. The predicted octanol–water partition coefficient (Wildman–Crippen LogP) is 5.28. The highest BCUT2D eigenvalue weighted by atomic mass is 31.1. The monoisotopic (exact) mass is 441 g/mol. The normalized spacial score (nSPS) is 15.9. The van der Waals surface area contributed by atoms with Gasteiger partial charge in [0, 0.05) is 31.7 Å². The minimum absolute atomic E-state index is 0.228. The van der Waals surface area contributed by atoms with E-state index in [4.69, 9.17) is 0 Å². The number of para-hydroxylation sites is 1. The Hall–Kier alpha value is -1.93. The van der Waals surface area contributed by atoms with Gasteiger partial charge >= 0.3 is 0 Å². The van der Waals surface area contributed by atoms with E-state index in [2.05, 4.69) is 122 Å². The Morgan fingerprint density at radius 2 is 1.39 bits per heavy atom. The molecule has 1 saturated heterocycles. The molecule has 0 aliphatic carbocycles. The zero-order chi connectivity index (χ0) is 21.7. The molecule has 1 fully saturated rings. The summed E-state index contributed by atoms with van der Waals surface area (Å²) >= 11 is 0. The van der Waals surface area contributed by atoms with Crippen molar-refractivity contribution < 1.29 is 0 Å². The molecule has 5 radical (unpaired) electrons. The van der Waals surface area contributed by atoms with Crippen molar-refractivity contribution in [1.29, 1.82) is 0 Å². The van der Waals surface area contributed by atoms with Gasteiger partial charge in [-0.05, 0) is 43.5 Å². The van der Waals surface area contributed by atoms with E-state index in [0.29, 0.717) is 0 Å². The van der Waals surface area contributed by atoms with Crippen molar-refractivity contribution in [3.8, 4) is 0 Å². The Morgan fingerprint density at radius 3 is 1.94 bits per heavy atom. The summed E-state index contributed by atoms with van der Waals surface area (Å²) in [6.45, 7) is 9.19. The Labute approximate surface area is 190 Å². The van der Waals surface area contributed by atoms with E-state index in [1.165, 1.54) is 21.6 Å². The van der Waals surface area contributed by atoms with E-state index in [-0.39, 0.29) is 6.04 Å². The van der Waals surface area contributed by atoms with E-state index >= 15 is 0 Å². The highest BCUT2D eigenvalue weighted by molar-refractivity contribution is 7.80. The van der Waals surface area contributed by atoms with Crippen LogP contribution in [0.5, 0.6) is 0 Å². The fraction of sp³-hybridized carbons (Fsp3) is 0.185. The van der Waals surface area contributed by atoms with Crippen molar-refractivity contribution in [2.24, 2.45) is 0 Å². The third kappa shape index (κ3) is 5.86. The van der Waals surface area contributed by atoms with Crippen LogP contribution in [0, 0.1) is 25.4 Å². The summed E-state index contributed by atoms with van der Waals surface area (Å²) < 4.78 is 0. The van der Waals surface area contributed by atoms with Crippen LogP contribution in [0.4, 0.5) is 5.69 Å². The minimum Gasteiger partial charge on any atom is -0.380 e. The number of hydrogen-bond acceptors (Lipinski definition) is 1. The Bertz CT molecular complexity index is 910. The highest BCUT2D eigenvalue weighted by Gasteiger charge is 2.32. The lowest BCUT2D eigenvalue weighted by Crippen LogP contribution is -2.39. The van der Waals surface area contributed by atoms with E-state index in [1.807, 2.05) is 13.0 Å². The molecule has 4 rings (SSSR count). The van der Waals surface area contributed by atoms with Gasteiger partial charge in [-0.25, -0.2) is 5.32 Å². The van der Waals surface area contributed by atoms with Crippen molar-refractivity contribution in [2.45, 2.75) is 31.7 Å². The van der Waals surface area contributed by atoms with E-state index in [9.17, 15) is 0 Å². The molecule has 31 heavy (non-hydrogen) atoms. The van der Waals surface area contributed by atoms with Gasteiger partial charge in [0.1, 0.15) is 0 Å². The molecule has 157 valence electrons. The average molecular weight is 442 g/mol. The summed E-state index contributed by atoms with van der Waals surface area (Å²) in [4.78, 5) is 0. The fourth-order valence-corrected chi connectivity index (χ4v) is 7.87. The van der Waals surface area contributed by atoms with Gasteiger partial charge < -0.3 is 5.32 Å². The second kappa shape index (κ2) is 10.1. The van der Waals surface area contributed by atoms with Gasteiger partial charge in [-0.1, -0.05) is 98.5 Å². The van der Waals surface area contributed by atoms with E-state index < -0.39 is 16.0 Å². The molecular formula is C27H30N2PSi. The number of hydrogen-bond donors (Lipinski definition) is 1. The van der Waals surface area contributed by atoms with Crippen LogP contribution in [-0.4, -0.2) is 14.1 Å². The molecule has 0 aromatic heterocycles. The maximum absolute atomic E-state index is 4.65. The van der Waals surface area contributed by atoms with Crippen LogP contribution in [0.2, 0.25) is 25.7 Å². The maximum atomic E-state index is 4.65. The SMILES string of the molecule is C[Si](C)(C)CC(Nc1ccccc1P(c1ccccc1)c1ccccc1)[C]1[CH][CH][CH][N]1. The quantitative estimate of drug-likeness (QED) is 0.373. The van der Waals surface area contributed by atoms with Gasteiger partial charge in [0.05, 0.1) is 6.04 Å². The largest absolute Gasteiger partial charge is 0.380 e. The van der Waals surface area contributed by atoms with Crippen molar-refractivity contribution in [2.75, 3.05) is 5.32 Å². The first-order valence-electron chi connectivity index (χ1n) is 10.8. The van der Waals surface area contributed by atoms with E-state index in [1.54, 1.807) is 0 Å². The Balaban J connectivity index is 1.73. The molecule has 1 aliphatic heterocycles. The number of nitrogens with zero attached hydrogens (tertiary/aromatic N) is 1. The molecule has 0 amide bonds. The first-order chi connectivity index (χ1) is 15.0. The van der Waals surface area contributed by atoms with Crippen LogP contribution in [0.1, 0.15) is 0 Å². The molecular weight excluding hydrogens is 411 g/mol. The predicted molar refractivity (Wildman–Crippen MR) is 139 cm³/mol. The molecule has 0 bridgehead atoms. The van der Waals surface area contributed by atoms with Gasteiger partial charge in [-0.2, -0.15) is 0 Å². The molecule has 0 saturated carbocycles. The lowest BCUT2D eigenvalue weighted by Gasteiger charge is -2.31. The highest BCUT2D eigenvalue weighted by Crippen LogP contribution is 2.37. The molecule has 3 aromatic carbocycles. The molecule has 1 heterocycles. The summed E-state index contributed by atoms with van der Waals surface area (Å²) in [6.07, 6.45) is 4.19. The molecule has 2 nitrogen and oxygen atoms in total. The minimum atomic E-state index is -1.30. The second-order valence-electron chi connectivity index (χ2n) is 9.05. The maximum Gasteiger partial charge on any atom is 0.0812 e. The molecule has 0 spiro atoms. The van der Waals surface area contributed by atoms with Crippen LogP contribution >= 0.6 is 7.92 Å². The smallest absolute Gasteiger partial charge is 0.0812 e. The van der Waals surface area contributed by atoms with Gasteiger partial charge in [0.2, 0.25) is 0 Å². The summed E-state index contributed by atoms with van der Waals surface area (Å²) in [7, 11) is -1.96. The van der Waals surface area contributed by atoms with Crippen molar-refractivity contribution in [3.63, 3.8) is 0 Å². The van der Waals surface area contributed by atoms with Gasteiger partial charge in [-0.3, -0.25) is 0 Å². The van der Waals surface area contributed by atoms with Crippen molar-refractivity contribution in [3.05, 3.63) is 110 Å². The first kappa shape index (κ1) is 22.3. The molecule has 1 N–H and O–H groups in total. The molecule has 1 unspecified atom stereocenters. The lowest BCUT2D eigenvalue weighted by molar-refractivity contribution is 0.728. The van der Waals surface area contributed by atoms with Gasteiger partial charge in [0.15, 0.2) is 0 Å². The van der Waals surface area contributed by atoms with E-state index in [0.717, 1.165) is 12.1 Å². The van der Waals surface area contributed by atoms with Crippen molar-refractivity contribution >= 4 is 37.6 Å². The molecule has 4 heteroatoms. The average Bonchev–Trinajstić information content (AvgIpc) is 3.30. The van der Waals surface area contributed by atoms with Crippen LogP contribution < -0.4 is 26.5 Å². The first-order valence-corrected chi connectivity index (χ1v) is 15.9. The number of anilines is 1. The van der Waals surface area contributed by atoms with Crippen LogP contribution in [0.25, 0.3) is 0 Å². The summed E-state index contributed by atoms with van der Waals surface area (Å²) in [5.41, 5.74) is 1.22. The summed E-state index contributed by atoms with van der Waals surface area (Å²) in [6, 6.07) is 33.1. The third-order valence-electron chi connectivity index (χ3n) is 5.25. The Kier molecular flexibility index (Phi) is 7.27. The number of benzene rings is 3. The molecule has 3 aromatic rings. The fourth-order valence-electron chi connectivity index (χ4n) is 3.92. The number of nitrogens with one attached hydrogen (secondary N) is 1. The lowest BCUT2D eigenvalue weighted by atomic mass is 10.1. The zero-order valence-corrected chi connectivity index (χ0v) is 20.4. The zero-order valence-electron chi connectivity index (χ0n) is 18.5. The second-order valence-corrected chi connectivity index (χ2v) is 16.8.